The van der Waals surface area contributed by atoms with Crippen LogP contribution in [0.1, 0.15) is 10.6 Å². The zero-order valence-corrected chi connectivity index (χ0v) is 17.4. The number of furan rings is 1. The summed E-state index contributed by atoms with van der Waals surface area (Å²) in [5, 5.41) is 2.40. The summed E-state index contributed by atoms with van der Waals surface area (Å²) < 4.78 is 36.3. The van der Waals surface area contributed by atoms with Crippen molar-refractivity contribution >= 4 is 32.5 Å². The second kappa shape index (κ2) is 7.82. The van der Waals surface area contributed by atoms with Crippen LogP contribution in [0.15, 0.2) is 110 Å². The van der Waals surface area contributed by atoms with Crippen LogP contribution in [0.4, 0.5) is 5.69 Å². The molecule has 7 nitrogen and oxygen atoms in total. The van der Waals surface area contributed by atoms with Crippen molar-refractivity contribution in [2.75, 3.05) is 5.32 Å². The van der Waals surface area contributed by atoms with Gasteiger partial charge in [0.1, 0.15) is 5.52 Å². The Morgan fingerprint density at radius 1 is 0.781 bits per heavy atom. The number of nitrogens with one attached hydrogen (secondary N) is 1. The molecule has 0 unspecified atom stereocenters. The SMILES string of the molecule is O=C(Nc1ccc(-c2nc3ccccc3o2)cc1)c1ccc(S(=O)(=O)c2ccccc2)o1. The van der Waals surface area contributed by atoms with E-state index >= 15 is 0 Å². The lowest BCUT2D eigenvalue weighted by atomic mass is 10.2. The summed E-state index contributed by atoms with van der Waals surface area (Å²) >= 11 is 0. The van der Waals surface area contributed by atoms with E-state index in [0.717, 1.165) is 11.1 Å². The van der Waals surface area contributed by atoms with E-state index in [0.29, 0.717) is 17.2 Å². The molecule has 0 saturated heterocycles. The van der Waals surface area contributed by atoms with Crippen LogP contribution < -0.4 is 5.32 Å². The van der Waals surface area contributed by atoms with Crippen LogP contribution in [0, 0.1) is 0 Å². The van der Waals surface area contributed by atoms with E-state index in [1.165, 1.54) is 24.3 Å². The Balaban J connectivity index is 1.32. The molecule has 2 aromatic heterocycles. The molecular formula is C24H16N2O5S. The van der Waals surface area contributed by atoms with Gasteiger partial charge in [-0.25, -0.2) is 13.4 Å². The van der Waals surface area contributed by atoms with E-state index in [9.17, 15) is 13.2 Å². The third kappa shape index (κ3) is 3.67. The number of carbonyl (C=O) groups excluding carboxylic acids is 1. The summed E-state index contributed by atoms with van der Waals surface area (Å²) in [4.78, 5) is 17.1. The molecule has 2 heterocycles. The van der Waals surface area contributed by atoms with E-state index in [1.807, 2.05) is 24.3 Å². The molecule has 5 aromatic rings. The molecule has 0 aliphatic carbocycles. The standard InChI is InChI=1S/C24H16N2O5S/c27-23(21-14-15-22(30-21)32(28,29)18-6-2-1-3-7-18)25-17-12-10-16(11-13-17)24-26-19-8-4-5-9-20(19)31-24/h1-15H,(H,25,27). The van der Waals surface area contributed by atoms with Crippen LogP contribution >= 0.6 is 0 Å². The summed E-state index contributed by atoms with van der Waals surface area (Å²) in [6.07, 6.45) is 0. The number of aromatic nitrogens is 1. The van der Waals surface area contributed by atoms with Gasteiger partial charge in [0.15, 0.2) is 11.3 Å². The van der Waals surface area contributed by atoms with Gasteiger partial charge in [-0.2, -0.15) is 0 Å². The Labute approximate surface area is 183 Å². The summed E-state index contributed by atoms with van der Waals surface area (Å²) in [5.41, 5.74) is 2.73. The van der Waals surface area contributed by atoms with Crippen LogP contribution in [0.2, 0.25) is 0 Å². The third-order valence-electron chi connectivity index (χ3n) is 4.81. The van der Waals surface area contributed by atoms with Gasteiger partial charge in [-0.1, -0.05) is 30.3 Å². The molecule has 158 valence electrons. The van der Waals surface area contributed by atoms with Gasteiger partial charge in [0.25, 0.3) is 5.91 Å². The lowest BCUT2D eigenvalue weighted by Gasteiger charge is -2.04. The van der Waals surface area contributed by atoms with Gasteiger partial charge in [0.2, 0.25) is 20.8 Å². The molecule has 1 amide bonds. The number of oxazole rings is 1. The van der Waals surface area contributed by atoms with E-state index in [-0.39, 0.29) is 15.7 Å². The van der Waals surface area contributed by atoms with Gasteiger partial charge in [-0.05, 0) is 60.7 Å². The first-order chi connectivity index (χ1) is 15.5. The highest BCUT2D eigenvalue weighted by atomic mass is 32.2. The second-order valence-corrected chi connectivity index (χ2v) is 8.83. The Hall–Kier alpha value is -4.17. The summed E-state index contributed by atoms with van der Waals surface area (Å²) in [6, 6.07) is 24.9. The molecule has 0 atom stereocenters. The number of nitrogens with zero attached hydrogens (tertiary/aromatic N) is 1. The van der Waals surface area contributed by atoms with Crippen molar-refractivity contribution in [3.8, 4) is 11.5 Å². The molecule has 5 rings (SSSR count). The van der Waals surface area contributed by atoms with Crippen LogP contribution in [0.25, 0.3) is 22.6 Å². The van der Waals surface area contributed by atoms with Gasteiger partial charge in [-0.3, -0.25) is 4.79 Å². The van der Waals surface area contributed by atoms with Crippen molar-refractivity contribution < 1.29 is 22.0 Å². The first kappa shape index (κ1) is 19.8. The summed E-state index contributed by atoms with van der Waals surface area (Å²) in [5.74, 6) is -0.192. The highest BCUT2D eigenvalue weighted by molar-refractivity contribution is 7.91. The number of anilines is 1. The number of hydrogen-bond donors (Lipinski definition) is 1. The van der Waals surface area contributed by atoms with Gasteiger partial charge in [-0.15, -0.1) is 0 Å². The van der Waals surface area contributed by atoms with Gasteiger partial charge in [0.05, 0.1) is 4.90 Å². The fraction of sp³-hybridized carbons (Fsp3) is 0. The minimum absolute atomic E-state index is 0.0936. The lowest BCUT2D eigenvalue weighted by Crippen LogP contribution is -2.10. The second-order valence-electron chi connectivity index (χ2n) is 6.95. The number of hydrogen-bond acceptors (Lipinski definition) is 6. The molecule has 0 radical (unpaired) electrons. The Morgan fingerprint density at radius 2 is 1.50 bits per heavy atom. The van der Waals surface area contributed by atoms with Gasteiger partial charge in [0, 0.05) is 11.3 Å². The first-order valence-corrected chi connectivity index (χ1v) is 11.2. The van der Waals surface area contributed by atoms with Crippen LogP contribution in [-0.4, -0.2) is 19.3 Å². The minimum Gasteiger partial charge on any atom is -0.439 e. The quantitative estimate of drug-likeness (QED) is 0.401. The fourth-order valence-electron chi connectivity index (χ4n) is 3.19. The smallest absolute Gasteiger partial charge is 0.291 e. The molecule has 1 N–H and O–H groups in total. The Kier molecular flexibility index (Phi) is 4.84. The van der Waals surface area contributed by atoms with Crippen molar-refractivity contribution in [2.24, 2.45) is 0 Å². The molecule has 3 aromatic carbocycles. The maximum absolute atomic E-state index is 12.6. The zero-order chi connectivity index (χ0) is 22.1. The lowest BCUT2D eigenvalue weighted by molar-refractivity contribution is 0.0991. The Bertz CT molecular complexity index is 1480. The molecule has 32 heavy (non-hydrogen) atoms. The van der Waals surface area contributed by atoms with Crippen molar-refractivity contribution in [3.05, 3.63) is 96.8 Å². The number of amides is 1. The first-order valence-electron chi connectivity index (χ1n) is 9.68. The largest absolute Gasteiger partial charge is 0.439 e. The number of rotatable bonds is 5. The summed E-state index contributed by atoms with van der Waals surface area (Å²) in [7, 11) is -3.84. The van der Waals surface area contributed by atoms with E-state index in [1.54, 1.807) is 42.5 Å². The predicted molar refractivity (Wildman–Crippen MR) is 118 cm³/mol. The van der Waals surface area contributed by atoms with Crippen molar-refractivity contribution in [1.82, 2.24) is 4.98 Å². The normalized spacial score (nSPS) is 11.5. The molecule has 0 aliphatic heterocycles. The highest BCUT2D eigenvalue weighted by Gasteiger charge is 2.23. The molecule has 8 heteroatoms. The Morgan fingerprint density at radius 3 is 2.25 bits per heavy atom. The van der Waals surface area contributed by atoms with Crippen molar-refractivity contribution in [2.45, 2.75) is 9.99 Å². The number of benzene rings is 3. The fourth-order valence-corrected chi connectivity index (χ4v) is 4.38. The maximum Gasteiger partial charge on any atom is 0.291 e. The summed E-state index contributed by atoms with van der Waals surface area (Å²) in [6.45, 7) is 0. The average molecular weight is 444 g/mol. The maximum atomic E-state index is 12.6. The van der Waals surface area contributed by atoms with Crippen LogP contribution in [0.5, 0.6) is 0 Å². The molecule has 0 spiro atoms. The third-order valence-corrected chi connectivity index (χ3v) is 6.45. The van der Waals surface area contributed by atoms with E-state index < -0.39 is 15.7 Å². The molecule has 0 aliphatic rings. The highest BCUT2D eigenvalue weighted by Crippen LogP contribution is 2.26. The van der Waals surface area contributed by atoms with E-state index in [2.05, 4.69) is 10.3 Å². The minimum atomic E-state index is -3.84. The van der Waals surface area contributed by atoms with Crippen LogP contribution in [-0.2, 0) is 9.84 Å². The number of carbonyl (C=O) groups is 1. The van der Waals surface area contributed by atoms with Crippen molar-refractivity contribution in [3.63, 3.8) is 0 Å². The number of para-hydroxylation sites is 2. The topological polar surface area (TPSA) is 102 Å². The van der Waals surface area contributed by atoms with Gasteiger partial charge < -0.3 is 14.2 Å². The number of sulfone groups is 1. The molecular weight excluding hydrogens is 428 g/mol. The molecule has 0 fully saturated rings. The van der Waals surface area contributed by atoms with E-state index in [4.69, 9.17) is 8.83 Å². The zero-order valence-electron chi connectivity index (χ0n) is 16.6. The molecule has 0 saturated carbocycles. The van der Waals surface area contributed by atoms with Crippen molar-refractivity contribution in [1.29, 1.82) is 0 Å². The molecule has 0 bridgehead atoms. The van der Waals surface area contributed by atoms with Crippen LogP contribution in [0.3, 0.4) is 0 Å². The number of fused-ring (bicyclic) bond motifs is 1. The van der Waals surface area contributed by atoms with Gasteiger partial charge >= 0.3 is 0 Å². The monoisotopic (exact) mass is 444 g/mol. The average Bonchev–Trinajstić information content (AvgIpc) is 3.48. The predicted octanol–water partition coefficient (Wildman–Crippen LogP) is 5.17.